The monoisotopic (exact) mass is 252 g/mol. The number of hydrogen-bond acceptors (Lipinski definition) is 2. The summed E-state index contributed by atoms with van der Waals surface area (Å²) in [6.07, 6.45) is 11.4. The molecule has 18 heavy (non-hydrogen) atoms. The first kappa shape index (κ1) is 14.3. The molecular weight excluding hydrogens is 220 g/mol. The van der Waals surface area contributed by atoms with Gasteiger partial charge in [0.2, 0.25) is 0 Å². The van der Waals surface area contributed by atoms with Gasteiger partial charge in [-0.3, -0.25) is 0 Å². The molecule has 1 aliphatic heterocycles. The maximum Gasteiger partial charge on any atom is 0.0192 e. The molecule has 1 atom stereocenters. The molecule has 0 aromatic rings. The molecule has 0 aromatic carbocycles. The van der Waals surface area contributed by atoms with Crippen molar-refractivity contribution in [3.8, 4) is 0 Å². The van der Waals surface area contributed by atoms with Crippen LogP contribution < -0.4 is 10.6 Å². The number of piperidine rings is 1. The van der Waals surface area contributed by atoms with Gasteiger partial charge in [-0.2, -0.15) is 0 Å². The largest absolute Gasteiger partial charge is 0.315 e. The van der Waals surface area contributed by atoms with Crippen molar-refractivity contribution in [3.05, 3.63) is 0 Å². The summed E-state index contributed by atoms with van der Waals surface area (Å²) in [5.74, 6) is 0.845. The Balaban J connectivity index is 1.72. The Morgan fingerprint density at radius 1 is 1.17 bits per heavy atom. The fraction of sp³-hybridized carbons (Fsp3) is 1.00. The van der Waals surface area contributed by atoms with Crippen molar-refractivity contribution < 1.29 is 0 Å². The highest BCUT2D eigenvalue weighted by molar-refractivity contribution is 4.88. The van der Waals surface area contributed by atoms with Crippen LogP contribution in [0.25, 0.3) is 0 Å². The summed E-state index contributed by atoms with van der Waals surface area (Å²) in [7, 11) is 0. The van der Waals surface area contributed by atoms with Gasteiger partial charge in [-0.05, 0) is 50.0 Å². The Hall–Kier alpha value is -0.0800. The third-order valence-corrected chi connectivity index (χ3v) is 4.81. The van der Waals surface area contributed by atoms with Gasteiger partial charge in [-0.15, -0.1) is 0 Å². The van der Waals surface area contributed by atoms with Gasteiger partial charge in [0.05, 0.1) is 0 Å². The van der Waals surface area contributed by atoms with E-state index in [4.69, 9.17) is 0 Å². The van der Waals surface area contributed by atoms with Crippen LogP contribution in [0.5, 0.6) is 0 Å². The second-order valence-corrected chi connectivity index (χ2v) is 7.08. The van der Waals surface area contributed by atoms with Gasteiger partial charge in [0.15, 0.2) is 0 Å². The van der Waals surface area contributed by atoms with Crippen LogP contribution in [0.4, 0.5) is 0 Å². The Labute approximate surface area is 113 Å². The molecule has 0 amide bonds. The van der Waals surface area contributed by atoms with Gasteiger partial charge in [0.1, 0.15) is 0 Å². The van der Waals surface area contributed by atoms with E-state index in [1.54, 1.807) is 0 Å². The third kappa shape index (κ3) is 4.24. The van der Waals surface area contributed by atoms with Crippen LogP contribution in [0.3, 0.4) is 0 Å². The molecule has 1 aliphatic carbocycles. The molecule has 2 fully saturated rings. The lowest BCUT2D eigenvalue weighted by Gasteiger charge is -2.33. The van der Waals surface area contributed by atoms with Crippen LogP contribution in [-0.4, -0.2) is 25.7 Å². The van der Waals surface area contributed by atoms with Crippen LogP contribution in [0.1, 0.15) is 65.2 Å². The normalized spacial score (nSPS) is 27.8. The Kier molecular flexibility index (Phi) is 5.50. The zero-order valence-electron chi connectivity index (χ0n) is 12.4. The van der Waals surface area contributed by atoms with Gasteiger partial charge >= 0.3 is 0 Å². The molecule has 0 aromatic heterocycles. The van der Waals surface area contributed by atoms with Crippen LogP contribution in [0.15, 0.2) is 0 Å². The molecule has 0 spiro atoms. The minimum Gasteiger partial charge on any atom is -0.315 e. The highest BCUT2D eigenvalue weighted by Gasteiger charge is 2.33. The molecule has 2 N–H and O–H groups in total. The maximum absolute atomic E-state index is 3.78. The quantitative estimate of drug-likeness (QED) is 0.758. The van der Waals surface area contributed by atoms with E-state index in [-0.39, 0.29) is 0 Å². The van der Waals surface area contributed by atoms with Gasteiger partial charge in [0.25, 0.3) is 0 Å². The van der Waals surface area contributed by atoms with Gasteiger partial charge in [-0.25, -0.2) is 0 Å². The molecule has 0 radical (unpaired) electrons. The van der Waals surface area contributed by atoms with Crippen molar-refractivity contribution in [2.24, 2.45) is 11.3 Å². The van der Waals surface area contributed by atoms with Crippen LogP contribution >= 0.6 is 0 Å². The summed E-state index contributed by atoms with van der Waals surface area (Å²) < 4.78 is 0. The molecule has 1 saturated heterocycles. The van der Waals surface area contributed by atoms with Gasteiger partial charge in [0, 0.05) is 19.1 Å². The predicted octanol–water partition coefficient (Wildman–Crippen LogP) is 3.32. The van der Waals surface area contributed by atoms with E-state index >= 15 is 0 Å². The van der Waals surface area contributed by atoms with E-state index in [1.165, 1.54) is 71.0 Å². The fourth-order valence-corrected chi connectivity index (χ4v) is 4.05. The summed E-state index contributed by atoms with van der Waals surface area (Å²) in [5, 5.41) is 7.42. The van der Waals surface area contributed by atoms with E-state index < -0.39 is 0 Å². The first-order chi connectivity index (χ1) is 8.70. The van der Waals surface area contributed by atoms with Crippen molar-refractivity contribution in [2.75, 3.05) is 19.6 Å². The van der Waals surface area contributed by atoms with Crippen LogP contribution in [0.2, 0.25) is 0 Å². The average molecular weight is 252 g/mol. The summed E-state index contributed by atoms with van der Waals surface area (Å²) >= 11 is 0. The Morgan fingerprint density at radius 2 is 1.94 bits per heavy atom. The summed E-state index contributed by atoms with van der Waals surface area (Å²) in [4.78, 5) is 0. The molecular formula is C16H32N2. The van der Waals surface area contributed by atoms with Crippen molar-refractivity contribution in [1.82, 2.24) is 10.6 Å². The molecule has 0 unspecified atom stereocenters. The molecule has 1 heterocycles. The number of nitrogens with one attached hydrogen (secondary N) is 2. The summed E-state index contributed by atoms with van der Waals surface area (Å²) in [6.45, 7) is 8.41. The molecule has 2 nitrogen and oxygen atoms in total. The first-order valence-electron chi connectivity index (χ1n) is 8.14. The van der Waals surface area contributed by atoms with Crippen LogP contribution in [0, 0.1) is 11.3 Å². The van der Waals surface area contributed by atoms with E-state index in [2.05, 4.69) is 24.5 Å². The fourth-order valence-electron chi connectivity index (χ4n) is 4.05. The predicted molar refractivity (Wildman–Crippen MR) is 78.9 cm³/mol. The van der Waals surface area contributed by atoms with Gasteiger partial charge in [-0.1, -0.05) is 33.1 Å². The average Bonchev–Trinajstić information content (AvgIpc) is 2.78. The van der Waals surface area contributed by atoms with E-state index in [9.17, 15) is 0 Å². The van der Waals surface area contributed by atoms with Crippen LogP contribution in [-0.2, 0) is 0 Å². The minimum atomic E-state index is 0.628. The molecule has 2 rings (SSSR count). The molecule has 106 valence electrons. The lowest BCUT2D eigenvalue weighted by molar-refractivity contribution is 0.219. The zero-order valence-corrected chi connectivity index (χ0v) is 12.4. The molecule has 2 aliphatic rings. The van der Waals surface area contributed by atoms with Crippen molar-refractivity contribution in [3.63, 3.8) is 0 Å². The van der Waals surface area contributed by atoms with Crippen molar-refractivity contribution >= 4 is 0 Å². The summed E-state index contributed by atoms with van der Waals surface area (Å²) in [5.41, 5.74) is 0.628. The topological polar surface area (TPSA) is 24.1 Å². The highest BCUT2D eigenvalue weighted by Crippen LogP contribution is 2.42. The molecule has 2 heteroatoms. The Bertz CT molecular complexity index is 225. The highest BCUT2D eigenvalue weighted by atomic mass is 15.0. The lowest BCUT2D eigenvalue weighted by Crippen LogP contribution is -2.44. The molecule has 1 saturated carbocycles. The number of hydrogen-bond donors (Lipinski definition) is 2. The number of rotatable bonds is 6. The van der Waals surface area contributed by atoms with E-state index in [0.29, 0.717) is 5.41 Å². The van der Waals surface area contributed by atoms with E-state index in [0.717, 1.165) is 12.0 Å². The first-order valence-corrected chi connectivity index (χ1v) is 8.14. The third-order valence-electron chi connectivity index (χ3n) is 4.81. The standard InChI is InChI=1S/C16H32N2/c1-14(2)11-16(8-4-5-9-16)13-17-12-15-7-3-6-10-18-15/h14-15,17-18H,3-13H2,1-2H3/t15-/m0/s1. The SMILES string of the molecule is CC(C)CC1(CNC[C@@H]2CCCCN2)CCCC1. The van der Waals surface area contributed by atoms with Crippen molar-refractivity contribution in [1.29, 1.82) is 0 Å². The summed E-state index contributed by atoms with van der Waals surface area (Å²) in [6, 6.07) is 0.733. The van der Waals surface area contributed by atoms with E-state index in [1.807, 2.05) is 0 Å². The second-order valence-electron chi connectivity index (χ2n) is 7.08. The maximum atomic E-state index is 3.78. The smallest absolute Gasteiger partial charge is 0.0192 e. The van der Waals surface area contributed by atoms with Crippen molar-refractivity contribution in [2.45, 2.75) is 71.3 Å². The zero-order chi connectivity index (χ0) is 12.8. The molecule has 0 bridgehead atoms. The Morgan fingerprint density at radius 3 is 2.56 bits per heavy atom. The minimum absolute atomic E-state index is 0.628. The second kappa shape index (κ2) is 6.91. The van der Waals surface area contributed by atoms with Gasteiger partial charge < -0.3 is 10.6 Å². The lowest BCUT2D eigenvalue weighted by atomic mass is 9.78.